The Morgan fingerprint density at radius 2 is 2.20 bits per heavy atom. The molecule has 4 atom stereocenters. The van der Waals surface area contributed by atoms with E-state index in [-0.39, 0.29) is 30.9 Å². The molecule has 1 saturated heterocycles. The largest absolute Gasteiger partial charge is 0.459 e. The second kappa shape index (κ2) is 4.49. The highest BCUT2D eigenvalue weighted by molar-refractivity contribution is 5.66. The number of rotatable bonds is 2. The second-order valence-electron chi connectivity index (χ2n) is 4.70. The maximum atomic E-state index is 11.0. The lowest BCUT2D eigenvalue weighted by Crippen LogP contribution is -2.53. The van der Waals surface area contributed by atoms with Gasteiger partial charge in [-0.05, 0) is 20.3 Å². The van der Waals surface area contributed by atoms with Crippen LogP contribution < -0.4 is 0 Å². The molecule has 4 nitrogen and oxygen atoms in total. The van der Waals surface area contributed by atoms with Gasteiger partial charge in [-0.1, -0.05) is 6.92 Å². The number of hydrogen-bond donors (Lipinski definition) is 1. The molecule has 1 aliphatic heterocycles. The normalized spacial score (nSPS) is 41.3. The summed E-state index contributed by atoms with van der Waals surface area (Å²) in [5.74, 6) is -0.329. The Balaban J connectivity index is 2.82. The maximum absolute atomic E-state index is 11.0. The number of aliphatic hydroxyl groups excluding tert-OH is 1. The first kappa shape index (κ1) is 12.5. The van der Waals surface area contributed by atoms with Crippen LogP contribution in [-0.4, -0.2) is 36.0 Å². The number of esters is 1. The van der Waals surface area contributed by atoms with E-state index in [0.717, 1.165) is 0 Å². The highest BCUT2D eigenvalue weighted by Gasteiger charge is 2.45. The molecule has 1 N–H and O–H groups in total. The Morgan fingerprint density at radius 1 is 1.60 bits per heavy atom. The van der Waals surface area contributed by atoms with Crippen molar-refractivity contribution in [1.82, 2.24) is 0 Å². The third kappa shape index (κ3) is 2.69. The quantitative estimate of drug-likeness (QED) is 0.703. The average Bonchev–Trinajstić information content (AvgIpc) is 2.11. The lowest BCUT2D eigenvalue weighted by atomic mass is 9.76. The standard InChI is InChI=1S/C11H20O4/c1-7-5-11(4,6-12)10(8(2)14-7)15-9(3)13/h7-8,10,12H,5-6H2,1-4H3. The molecule has 1 aliphatic rings. The zero-order valence-electron chi connectivity index (χ0n) is 9.82. The van der Waals surface area contributed by atoms with Crippen molar-refractivity contribution in [3.05, 3.63) is 0 Å². The van der Waals surface area contributed by atoms with E-state index in [1.807, 2.05) is 20.8 Å². The van der Waals surface area contributed by atoms with Gasteiger partial charge < -0.3 is 14.6 Å². The Hall–Kier alpha value is -0.610. The van der Waals surface area contributed by atoms with Gasteiger partial charge in [-0.2, -0.15) is 0 Å². The topological polar surface area (TPSA) is 55.8 Å². The molecule has 0 amide bonds. The number of ether oxygens (including phenoxy) is 2. The van der Waals surface area contributed by atoms with Gasteiger partial charge in [-0.25, -0.2) is 0 Å². The van der Waals surface area contributed by atoms with Gasteiger partial charge in [0.05, 0.1) is 18.8 Å². The van der Waals surface area contributed by atoms with E-state index in [1.165, 1.54) is 6.92 Å². The van der Waals surface area contributed by atoms with E-state index < -0.39 is 5.41 Å². The van der Waals surface area contributed by atoms with Crippen molar-refractivity contribution >= 4 is 5.97 Å². The summed E-state index contributed by atoms with van der Waals surface area (Å²) in [4.78, 5) is 11.0. The summed E-state index contributed by atoms with van der Waals surface area (Å²) in [7, 11) is 0. The van der Waals surface area contributed by atoms with Gasteiger partial charge in [0.2, 0.25) is 0 Å². The zero-order chi connectivity index (χ0) is 11.6. The molecule has 1 rings (SSSR count). The van der Waals surface area contributed by atoms with Gasteiger partial charge >= 0.3 is 5.97 Å². The van der Waals surface area contributed by atoms with Gasteiger partial charge in [-0.3, -0.25) is 4.79 Å². The van der Waals surface area contributed by atoms with E-state index in [9.17, 15) is 9.90 Å². The fourth-order valence-electron chi connectivity index (χ4n) is 2.40. The van der Waals surface area contributed by atoms with E-state index in [1.54, 1.807) is 0 Å². The fraction of sp³-hybridized carbons (Fsp3) is 0.909. The van der Waals surface area contributed by atoms with Crippen molar-refractivity contribution < 1.29 is 19.4 Å². The lowest BCUT2D eigenvalue weighted by molar-refractivity contribution is -0.202. The van der Waals surface area contributed by atoms with Crippen LogP contribution in [0.1, 0.15) is 34.1 Å². The molecule has 4 unspecified atom stereocenters. The number of aliphatic hydroxyl groups is 1. The Bertz CT molecular complexity index is 241. The van der Waals surface area contributed by atoms with Crippen molar-refractivity contribution in [2.45, 2.75) is 52.4 Å². The van der Waals surface area contributed by atoms with Crippen LogP contribution in [0.4, 0.5) is 0 Å². The number of carbonyl (C=O) groups excluding carboxylic acids is 1. The van der Waals surface area contributed by atoms with Crippen molar-refractivity contribution in [1.29, 1.82) is 0 Å². The Labute approximate surface area is 90.6 Å². The first-order chi connectivity index (χ1) is 6.89. The molecule has 1 fully saturated rings. The minimum atomic E-state index is -0.400. The summed E-state index contributed by atoms with van der Waals surface area (Å²) in [5, 5.41) is 9.42. The van der Waals surface area contributed by atoms with Gasteiger partial charge in [0.25, 0.3) is 0 Å². The van der Waals surface area contributed by atoms with Crippen molar-refractivity contribution in [3.63, 3.8) is 0 Å². The summed E-state index contributed by atoms with van der Waals surface area (Å²) < 4.78 is 10.8. The van der Waals surface area contributed by atoms with Gasteiger partial charge in [-0.15, -0.1) is 0 Å². The third-order valence-corrected chi connectivity index (χ3v) is 2.97. The molecule has 88 valence electrons. The SMILES string of the molecule is CC(=O)OC1C(C)OC(C)CC1(C)CO. The van der Waals surface area contributed by atoms with Crippen LogP contribution >= 0.6 is 0 Å². The highest BCUT2D eigenvalue weighted by Crippen LogP contribution is 2.38. The maximum Gasteiger partial charge on any atom is 0.303 e. The van der Waals surface area contributed by atoms with Crippen LogP contribution in [0, 0.1) is 5.41 Å². The highest BCUT2D eigenvalue weighted by atomic mass is 16.6. The van der Waals surface area contributed by atoms with Crippen LogP contribution in [0.25, 0.3) is 0 Å². The summed E-state index contributed by atoms with van der Waals surface area (Å²) in [6, 6.07) is 0. The minimum absolute atomic E-state index is 0.00296. The van der Waals surface area contributed by atoms with Crippen LogP contribution in [0.2, 0.25) is 0 Å². The molecule has 4 heteroatoms. The molecule has 0 aromatic carbocycles. The predicted octanol–water partition coefficient (Wildman–Crippen LogP) is 1.11. The first-order valence-corrected chi connectivity index (χ1v) is 5.32. The molecule has 0 aromatic heterocycles. The zero-order valence-corrected chi connectivity index (χ0v) is 9.82. The van der Waals surface area contributed by atoms with E-state index in [0.29, 0.717) is 6.42 Å². The summed E-state index contributed by atoms with van der Waals surface area (Å²) >= 11 is 0. The smallest absolute Gasteiger partial charge is 0.303 e. The van der Waals surface area contributed by atoms with E-state index >= 15 is 0 Å². The van der Waals surface area contributed by atoms with E-state index in [2.05, 4.69) is 0 Å². The molecule has 15 heavy (non-hydrogen) atoms. The Morgan fingerprint density at radius 3 is 2.67 bits per heavy atom. The molecule has 0 bridgehead atoms. The third-order valence-electron chi connectivity index (χ3n) is 2.97. The van der Waals surface area contributed by atoms with Crippen molar-refractivity contribution in [3.8, 4) is 0 Å². The summed E-state index contributed by atoms with van der Waals surface area (Å²) in [6.07, 6.45) is 0.251. The number of hydrogen-bond acceptors (Lipinski definition) is 4. The molecular weight excluding hydrogens is 196 g/mol. The van der Waals surface area contributed by atoms with E-state index in [4.69, 9.17) is 9.47 Å². The fourth-order valence-corrected chi connectivity index (χ4v) is 2.40. The molecule has 0 aliphatic carbocycles. The van der Waals surface area contributed by atoms with Crippen molar-refractivity contribution in [2.24, 2.45) is 5.41 Å². The van der Waals surface area contributed by atoms with Crippen LogP contribution in [-0.2, 0) is 14.3 Å². The summed E-state index contributed by atoms with van der Waals surface area (Å²) in [5.41, 5.74) is -0.400. The Kier molecular flexibility index (Phi) is 3.73. The molecule has 0 aromatic rings. The minimum Gasteiger partial charge on any atom is -0.459 e. The summed E-state index contributed by atoms with van der Waals surface area (Å²) in [6.45, 7) is 7.15. The van der Waals surface area contributed by atoms with Crippen molar-refractivity contribution in [2.75, 3.05) is 6.61 Å². The molecule has 0 spiro atoms. The molecule has 0 saturated carbocycles. The monoisotopic (exact) mass is 216 g/mol. The van der Waals surface area contributed by atoms with Crippen LogP contribution in [0.5, 0.6) is 0 Å². The van der Waals surface area contributed by atoms with Crippen LogP contribution in [0.3, 0.4) is 0 Å². The molecular formula is C11H20O4. The molecule has 1 heterocycles. The van der Waals surface area contributed by atoms with Crippen LogP contribution in [0.15, 0.2) is 0 Å². The second-order valence-corrected chi connectivity index (χ2v) is 4.70. The van der Waals surface area contributed by atoms with Gasteiger partial charge in [0.15, 0.2) is 0 Å². The van der Waals surface area contributed by atoms with Gasteiger partial charge in [0, 0.05) is 12.3 Å². The first-order valence-electron chi connectivity index (χ1n) is 5.32. The molecule has 0 radical (unpaired) electrons. The lowest BCUT2D eigenvalue weighted by Gasteiger charge is -2.45. The predicted molar refractivity (Wildman–Crippen MR) is 55.4 cm³/mol. The average molecular weight is 216 g/mol. The number of carbonyl (C=O) groups is 1. The van der Waals surface area contributed by atoms with Gasteiger partial charge in [0.1, 0.15) is 6.10 Å².